The molecule has 20 heavy (non-hydrogen) atoms. The molecule has 0 spiro atoms. The van der Waals surface area contributed by atoms with Gasteiger partial charge in [-0.3, -0.25) is 9.69 Å². The number of carbonyl (C=O) groups is 2. The molecule has 1 aromatic rings. The lowest BCUT2D eigenvalue weighted by Crippen LogP contribution is -2.42. The number of carbonyl (C=O) groups excluding carboxylic acids is 1. The van der Waals surface area contributed by atoms with Crippen molar-refractivity contribution < 1.29 is 14.7 Å². The number of anilines is 1. The molecule has 2 rings (SSSR count). The summed E-state index contributed by atoms with van der Waals surface area (Å²) >= 11 is 0. The molecule has 0 heterocycles. The van der Waals surface area contributed by atoms with E-state index in [9.17, 15) is 9.59 Å². The first-order valence-corrected chi connectivity index (χ1v) is 6.24. The Labute approximate surface area is 116 Å². The number of urea groups is 1. The standard InChI is InChI=1S/C14H15N3O3/c1-17(11-5-3-2-4-10(11)8-15)13(20)16-9-14(6-7-14)12(18)19/h2-5H,6-7,9H2,1H3,(H,16,20)(H,18,19). The number of hydrogen-bond acceptors (Lipinski definition) is 3. The third-order valence-corrected chi connectivity index (χ3v) is 3.58. The number of benzene rings is 1. The van der Waals surface area contributed by atoms with E-state index < -0.39 is 17.4 Å². The molecule has 0 bridgehead atoms. The van der Waals surface area contributed by atoms with Crippen LogP contribution in [0.1, 0.15) is 18.4 Å². The third kappa shape index (κ3) is 2.57. The summed E-state index contributed by atoms with van der Waals surface area (Å²) in [5, 5.41) is 20.7. The van der Waals surface area contributed by atoms with E-state index in [1.54, 1.807) is 31.3 Å². The molecule has 1 saturated carbocycles. The summed E-state index contributed by atoms with van der Waals surface area (Å²) in [5.74, 6) is -0.877. The van der Waals surface area contributed by atoms with E-state index in [1.807, 2.05) is 6.07 Å². The van der Waals surface area contributed by atoms with Gasteiger partial charge >= 0.3 is 12.0 Å². The molecule has 1 aliphatic rings. The maximum Gasteiger partial charge on any atom is 0.321 e. The molecule has 0 saturated heterocycles. The van der Waals surface area contributed by atoms with Crippen LogP contribution in [0, 0.1) is 16.7 Å². The van der Waals surface area contributed by atoms with Crippen LogP contribution in [-0.2, 0) is 4.79 Å². The minimum Gasteiger partial charge on any atom is -0.481 e. The van der Waals surface area contributed by atoms with E-state index in [0.717, 1.165) is 0 Å². The second-order valence-corrected chi connectivity index (χ2v) is 4.93. The van der Waals surface area contributed by atoms with Gasteiger partial charge in [-0.25, -0.2) is 4.79 Å². The maximum absolute atomic E-state index is 12.0. The summed E-state index contributed by atoms with van der Waals surface area (Å²) in [6.07, 6.45) is 1.17. The first-order chi connectivity index (χ1) is 9.50. The Kier molecular flexibility index (Phi) is 3.61. The number of carboxylic acid groups (broad SMARTS) is 1. The second-order valence-electron chi connectivity index (χ2n) is 4.93. The van der Waals surface area contributed by atoms with Gasteiger partial charge in [-0.05, 0) is 25.0 Å². The number of para-hydroxylation sites is 1. The Balaban J connectivity index is 2.03. The van der Waals surface area contributed by atoms with Gasteiger partial charge in [-0.15, -0.1) is 0 Å². The van der Waals surface area contributed by atoms with Gasteiger partial charge in [0.1, 0.15) is 6.07 Å². The number of nitrogens with zero attached hydrogens (tertiary/aromatic N) is 2. The fourth-order valence-corrected chi connectivity index (χ4v) is 1.95. The Morgan fingerprint density at radius 1 is 1.45 bits per heavy atom. The average molecular weight is 273 g/mol. The average Bonchev–Trinajstić information content (AvgIpc) is 3.25. The third-order valence-electron chi connectivity index (χ3n) is 3.58. The number of nitrogens with one attached hydrogen (secondary N) is 1. The summed E-state index contributed by atoms with van der Waals surface area (Å²) in [4.78, 5) is 24.4. The van der Waals surface area contributed by atoms with Gasteiger partial charge in [-0.2, -0.15) is 5.26 Å². The molecular weight excluding hydrogens is 258 g/mol. The maximum atomic E-state index is 12.0. The Morgan fingerprint density at radius 2 is 2.10 bits per heavy atom. The van der Waals surface area contributed by atoms with Crippen molar-refractivity contribution in [1.29, 1.82) is 5.26 Å². The lowest BCUT2D eigenvalue weighted by molar-refractivity contribution is -0.143. The van der Waals surface area contributed by atoms with E-state index in [1.165, 1.54) is 4.90 Å². The zero-order valence-corrected chi connectivity index (χ0v) is 11.1. The number of aliphatic carboxylic acids is 1. The molecule has 0 unspecified atom stereocenters. The summed E-state index contributed by atoms with van der Waals surface area (Å²) < 4.78 is 0. The smallest absolute Gasteiger partial charge is 0.321 e. The van der Waals surface area contributed by atoms with E-state index in [2.05, 4.69) is 5.32 Å². The quantitative estimate of drug-likeness (QED) is 0.870. The van der Waals surface area contributed by atoms with Gasteiger partial charge in [0.05, 0.1) is 16.7 Å². The largest absolute Gasteiger partial charge is 0.481 e. The zero-order chi connectivity index (χ0) is 14.8. The first kappa shape index (κ1) is 13.9. The topological polar surface area (TPSA) is 93.4 Å². The SMILES string of the molecule is CN(C(=O)NCC1(C(=O)O)CC1)c1ccccc1C#N. The van der Waals surface area contributed by atoms with Crippen molar-refractivity contribution in [3.8, 4) is 6.07 Å². The highest BCUT2D eigenvalue weighted by molar-refractivity contribution is 5.93. The normalized spacial score (nSPS) is 15.0. The second kappa shape index (κ2) is 5.21. The fourth-order valence-electron chi connectivity index (χ4n) is 1.95. The number of hydrogen-bond donors (Lipinski definition) is 2. The lowest BCUT2D eigenvalue weighted by atomic mass is 10.1. The Bertz CT molecular complexity index is 588. The molecule has 104 valence electrons. The van der Waals surface area contributed by atoms with Crippen LogP contribution in [0.3, 0.4) is 0 Å². The summed E-state index contributed by atoms with van der Waals surface area (Å²) in [5.41, 5.74) is 0.0859. The minimum absolute atomic E-state index is 0.111. The molecule has 0 atom stereocenters. The van der Waals surface area contributed by atoms with E-state index in [0.29, 0.717) is 24.1 Å². The van der Waals surface area contributed by atoms with E-state index in [4.69, 9.17) is 10.4 Å². The van der Waals surface area contributed by atoms with Crippen molar-refractivity contribution in [3.05, 3.63) is 29.8 Å². The van der Waals surface area contributed by atoms with Crippen molar-refractivity contribution in [2.24, 2.45) is 5.41 Å². The molecule has 0 aliphatic heterocycles. The van der Waals surface area contributed by atoms with Gasteiger partial charge in [0.2, 0.25) is 0 Å². The molecule has 1 fully saturated rings. The van der Waals surface area contributed by atoms with Crippen LogP contribution in [0.4, 0.5) is 10.5 Å². The molecule has 1 aliphatic carbocycles. The van der Waals surface area contributed by atoms with E-state index in [-0.39, 0.29) is 6.54 Å². The summed E-state index contributed by atoms with van der Waals surface area (Å²) in [6.45, 7) is 0.111. The van der Waals surface area contributed by atoms with Crippen molar-refractivity contribution in [3.63, 3.8) is 0 Å². The van der Waals surface area contributed by atoms with Crippen LogP contribution in [-0.4, -0.2) is 30.7 Å². The number of carboxylic acids is 1. The monoisotopic (exact) mass is 273 g/mol. The van der Waals surface area contributed by atoms with Gasteiger partial charge in [0, 0.05) is 13.6 Å². The molecule has 2 N–H and O–H groups in total. The Hall–Kier alpha value is -2.55. The fraction of sp³-hybridized carbons (Fsp3) is 0.357. The molecule has 0 aromatic heterocycles. The Morgan fingerprint density at radius 3 is 2.65 bits per heavy atom. The molecule has 1 aromatic carbocycles. The van der Waals surface area contributed by atoms with Crippen molar-refractivity contribution in [2.75, 3.05) is 18.5 Å². The first-order valence-electron chi connectivity index (χ1n) is 6.24. The van der Waals surface area contributed by atoms with Gasteiger partial charge < -0.3 is 10.4 Å². The zero-order valence-electron chi connectivity index (χ0n) is 11.1. The van der Waals surface area contributed by atoms with Crippen LogP contribution in [0.2, 0.25) is 0 Å². The van der Waals surface area contributed by atoms with Crippen LogP contribution >= 0.6 is 0 Å². The molecule has 6 nitrogen and oxygen atoms in total. The highest BCUT2D eigenvalue weighted by Gasteiger charge is 2.50. The molecule has 0 radical (unpaired) electrons. The highest BCUT2D eigenvalue weighted by Crippen LogP contribution is 2.45. The lowest BCUT2D eigenvalue weighted by Gasteiger charge is -2.20. The minimum atomic E-state index is -0.877. The summed E-state index contributed by atoms with van der Waals surface area (Å²) in [7, 11) is 1.55. The van der Waals surface area contributed by atoms with E-state index >= 15 is 0 Å². The summed E-state index contributed by atoms with van der Waals surface area (Å²) in [6, 6.07) is 8.35. The molecular formula is C14H15N3O3. The predicted molar refractivity (Wildman–Crippen MR) is 72.3 cm³/mol. The predicted octanol–water partition coefficient (Wildman–Crippen LogP) is 1.57. The molecule has 2 amide bonds. The van der Waals surface area contributed by atoms with Crippen molar-refractivity contribution in [1.82, 2.24) is 5.32 Å². The number of rotatable bonds is 4. The van der Waals surface area contributed by atoms with Crippen LogP contribution in [0.5, 0.6) is 0 Å². The highest BCUT2D eigenvalue weighted by atomic mass is 16.4. The van der Waals surface area contributed by atoms with Crippen LogP contribution in [0.15, 0.2) is 24.3 Å². The van der Waals surface area contributed by atoms with Crippen LogP contribution < -0.4 is 10.2 Å². The van der Waals surface area contributed by atoms with Gasteiger partial charge in [0.25, 0.3) is 0 Å². The number of nitriles is 1. The molecule has 6 heteroatoms. The van der Waals surface area contributed by atoms with Crippen LogP contribution in [0.25, 0.3) is 0 Å². The van der Waals surface area contributed by atoms with Gasteiger partial charge in [0.15, 0.2) is 0 Å². The van der Waals surface area contributed by atoms with Crippen molar-refractivity contribution >= 4 is 17.7 Å². The van der Waals surface area contributed by atoms with Gasteiger partial charge in [-0.1, -0.05) is 12.1 Å². The number of amides is 2. The van der Waals surface area contributed by atoms with Crippen molar-refractivity contribution in [2.45, 2.75) is 12.8 Å².